The number of thioether (sulfide) groups is 1. The number of aliphatic hydroxyl groups is 1. The maximum atomic E-state index is 12.7. The van der Waals surface area contributed by atoms with E-state index in [9.17, 15) is 8.42 Å². The molecular formula is C13H19NO3S2. The van der Waals surface area contributed by atoms with Crippen molar-refractivity contribution >= 4 is 21.8 Å². The molecule has 0 amide bonds. The van der Waals surface area contributed by atoms with Gasteiger partial charge in [0.05, 0.1) is 11.5 Å². The summed E-state index contributed by atoms with van der Waals surface area (Å²) >= 11 is 1.80. The van der Waals surface area contributed by atoms with Crippen LogP contribution < -0.4 is 0 Å². The van der Waals surface area contributed by atoms with E-state index in [-0.39, 0.29) is 6.61 Å². The summed E-state index contributed by atoms with van der Waals surface area (Å²) < 4.78 is 26.9. The summed E-state index contributed by atoms with van der Waals surface area (Å²) in [5.41, 5.74) is 1.35. The molecule has 2 rings (SSSR count). The van der Waals surface area contributed by atoms with E-state index in [0.29, 0.717) is 28.8 Å². The van der Waals surface area contributed by atoms with Crippen molar-refractivity contribution in [2.45, 2.75) is 30.6 Å². The van der Waals surface area contributed by atoms with Crippen molar-refractivity contribution in [2.24, 2.45) is 0 Å². The normalized spacial score (nSPS) is 21.5. The van der Waals surface area contributed by atoms with Gasteiger partial charge >= 0.3 is 0 Å². The minimum Gasteiger partial charge on any atom is -0.392 e. The van der Waals surface area contributed by atoms with Crippen LogP contribution in [0.5, 0.6) is 0 Å². The lowest BCUT2D eigenvalue weighted by Crippen LogP contribution is -2.41. The number of aryl methyl sites for hydroxylation is 1. The van der Waals surface area contributed by atoms with Crippen molar-refractivity contribution in [3.05, 3.63) is 29.3 Å². The standard InChI is InChI=1S/C13H19NO3S2/c1-10-3-4-12(9-15)7-13(10)19(16,17)14-5-6-18-11(2)8-14/h3-4,7,11,15H,5-6,8-9H2,1-2H3. The first-order valence-electron chi connectivity index (χ1n) is 6.27. The molecule has 1 fully saturated rings. The van der Waals surface area contributed by atoms with Crippen molar-refractivity contribution in [1.29, 1.82) is 0 Å². The number of aliphatic hydroxyl groups excluding tert-OH is 1. The molecule has 1 heterocycles. The molecular weight excluding hydrogens is 282 g/mol. The molecule has 0 spiro atoms. The molecule has 1 unspecified atom stereocenters. The van der Waals surface area contributed by atoms with Gasteiger partial charge in [0.1, 0.15) is 0 Å². The Kier molecular flexibility index (Phi) is 4.55. The molecule has 1 aliphatic heterocycles. The van der Waals surface area contributed by atoms with Crippen LogP contribution in [0.1, 0.15) is 18.1 Å². The molecule has 1 aliphatic rings. The lowest BCUT2D eigenvalue weighted by Gasteiger charge is -2.30. The number of hydrogen-bond donors (Lipinski definition) is 1. The fraction of sp³-hybridized carbons (Fsp3) is 0.538. The molecule has 1 aromatic rings. The van der Waals surface area contributed by atoms with Crippen molar-refractivity contribution < 1.29 is 13.5 Å². The first-order valence-corrected chi connectivity index (χ1v) is 8.76. The summed E-state index contributed by atoms with van der Waals surface area (Å²) in [5, 5.41) is 9.48. The first kappa shape index (κ1) is 14.8. The van der Waals surface area contributed by atoms with Gasteiger partial charge < -0.3 is 5.11 Å². The SMILES string of the molecule is Cc1ccc(CO)cc1S(=O)(=O)N1CCSC(C)C1. The van der Waals surface area contributed by atoms with Crippen LogP contribution in [0.2, 0.25) is 0 Å². The molecule has 6 heteroatoms. The lowest BCUT2D eigenvalue weighted by molar-refractivity contribution is 0.281. The number of hydrogen-bond acceptors (Lipinski definition) is 4. The van der Waals surface area contributed by atoms with Crippen molar-refractivity contribution in [3.63, 3.8) is 0 Å². The van der Waals surface area contributed by atoms with Gasteiger partial charge in [-0.3, -0.25) is 0 Å². The lowest BCUT2D eigenvalue weighted by atomic mass is 10.2. The smallest absolute Gasteiger partial charge is 0.243 e. The van der Waals surface area contributed by atoms with Crippen LogP contribution in [0, 0.1) is 6.92 Å². The summed E-state index contributed by atoms with van der Waals surface area (Å²) in [7, 11) is -3.45. The van der Waals surface area contributed by atoms with Gasteiger partial charge in [-0.1, -0.05) is 19.1 Å². The third-order valence-electron chi connectivity index (χ3n) is 3.26. The quantitative estimate of drug-likeness (QED) is 0.921. The van der Waals surface area contributed by atoms with E-state index in [1.165, 1.54) is 0 Å². The topological polar surface area (TPSA) is 57.6 Å². The Morgan fingerprint density at radius 3 is 2.84 bits per heavy atom. The van der Waals surface area contributed by atoms with Crippen molar-refractivity contribution in [1.82, 2.24) is 4.31 Å². The third kappa shape index (κ3) is 3.13. The largest absolute Gasteiger partial charge is 0.392 e. The molecule has 19 heavy (non-hydrogen) atoms. The summed E-state index contributed by atoms with van der Waals surface area (Å²) in [6, 6.07) is 5.08. The van der Waals surface area contributed by atoms with Crippen molar-refractivity contribution in [2.75, 3.05) is 18.8 Å². The second kappa shape index (κ2) is 5.83. The molecule has 1 aromatic carbocycles. The second-order valence-corrected chi connectivity index (χ2v) is 8.26. The predicted octanol–water partition coefficient (Wildman–Crippen LogP) is 1.61. The van der Waals surface area contributed by atoms with Gasteiger partial charge in [0, 0.05) is 24.1 Å². The molecule has 0 radical (unpaired) electrons. The maximum absolute atomic E-state index is 12.7. The van der Waals surface area contributed by atoms with Gasteiger partial charge in [-0.2, -0.15) is 16.1 Å². The Morgan fingerprint density at radius 2 is 2.21 bits per heavy atom. The molecule has 0 aliphatic carbocycles. The predicted molar refractivity (Wildman–Crippen MR) is 77.8 cm³/mol. The van der Waals surface area contributed by atoms with Crippen LogP contribution in [0.25, 0.3) is 0 Å². The Labute approximate surface area is 118 Å². The van der Waals surface area contributed by atoms with E-state index in [0.717, 1.165) is 11.3 Å². The van der Waals surface area contributed by atoms with Crippen LogP contribution in [-0.4, -0.2) is 41.9 Å². The van der Waals surface area contributed by atoms with Crippen LogP contribution in [-0.2, 0) is 16.6 Å². The number of sulfonamides is 1. The Hall–Kier alpha value is -0.560. The first-order chi connectivity index (χ1) is 8.95. The van der Waals surface area contributed by atoms with Gasteiger partial charge in [-0.25, -0.2) is 8.42 Å². The van der Waals surface area contributed by atoms with Crippen LogP contribution >= 0.6 is 11.8 Å². The molecule has 0 bridgehead atoms. The summed E-state index contributed by atoms with van der Waals surface area (Å²) in [4.78, 5) is 0.318. The highest BCUT2D eigenvalue weighted by Gasteiger charge is 2.30. The molecule has 0 saturated carbocycles. The fourth-order valence-electron chi connectivity index (χ4n) is 2.16. The Morgan fingerprint density at radius 1 is 1.47 bits per heavy atom. The fourth-order valence-corrected chi connectivity index (χ4v) is 5.19. The molecule has 0 aromatic heterocycles. The Bertz CT molecular complexity index is 557. The highest BCUT2D eigenvalue weighted by atomic mass is 32.2. The van der Waals surface area contributed by atoms with Crippen molar-refractivity contribution in [3.8, 4) is 0 Å². The van der Waals surface area contributed by atoms with E-state index in [4.69, 9.17) is 5.11 Å². The maximum Gasteiger partial charge on any atom is 0.243 e. The van der Waals surface area contributed by atoms with Gasteiger partial charge in [-0.15, -0.1) is 0 Å². The average molecular weight is 301 g/mol. The van der Waals surface area contributed by atoms with E-state index in [1.54, 1.807) is 41.2 Å². The minimum atomic E-state index is -3.45. The van der Waals surface area contributed by atoms with Crippen LogP contribution in [0.15, 0.2) is 23.1 Å². The third-order valence-corrected chi connectivity index (χ3v) is 6.40. The highest BCUT2D eigenvalue weighted by Crippen LogP contribution is 2.26. The van der Waals surface area contributed by atoms with E-state index >= 15 is 0 Å². The molecule has 1 N–H and O–H groups in total. The Balaban J connectivity index is 2.38. The highest BCUT2D eigenvalue weighted by molar-refractivity contribution is 8.00. The second-order valence-electron chi connectivity index (χ2n) is 4.80. The molecule has 106 valence electrons. The summed E-state index contributed by atoms with van der Waals surface area (Å²) in [6.07, 6.45) is 0. The van der Waals surface area contributed by atoms with E-state index in [1.807, 2.05) is 6.92 Å². The van der Waals surface area contributed by atoms with Gasteiger partial charge in [0.25, 0.3) is 0 Å². The van der Waals surface area contributed by atoms with Crippen LogP contribution in [0.4, 0.5) is 0 Å². The zero-order valence-corrected chi connectivity index (χ0v) is 12.8. The van der Waals surface area contributed by atoms with Gasteiger partial charge in [0.2, 0.25) is 10.0 Å². The van der Waals surface area contributed by atoms with E-state index in [2.05, 4.69) is 0 Å². The summed E-state index contributed by atoms with van der Waals surface area (Å²) in [5.74, 6) is 0.832. The number of benzene rings is 1. The monoisotopic (exact) mass is 301 g/mol. The molecule has 4 nitrogen and oxygen atoms in total. The van der Waals surface area contributed by atoms with Gasteiger partial charge in [-0.05, 0) is 24.1 Å². The number of nitrogens with zero attached hydrogens (tertiary/aromatic N) is 1. The molecule has 1 atom stereocenters. The minimum absolute atomic E-state index is 0.144. The van der Waals surface area contributed by atoms with Crippen LogP contribution in [0.3, 0.4) is 0 Å². The number of rotatable bonds is 3. The molecule has 1 saturated heterocycles. The summed E-state index contributed by atoms with van der Waals surface area (Å²) in [6.45, 7) is 4.80. The van der Waals surface area contributed by atoms with Gasteiger partial charge in [0.15, 0.2) is 0 Å². The zero-order valence-electron chi connectivity index (χ0n) is 11.2. The van der Waals surface area contributed by atoms with E-state index < -0.39 is 10.0 Å². The zero-order chi connectivity index (χ0) is 14.0. The average Bonchev–Trinajstić information content (AvgIpc) is 2.39.